The number of fused-ring (bicyclic) bond motifs is 10. The van der Waals surface area contributed by atoms with E-state index in [-0.39, 0.29) is 0 Å². The maximum Gasteiger partial charge on any atom is -0.000697 e. The third-order valence-corrected chi connectivity index (χ3v) is 15.7. The molecule has 0 unspecified atom stereocenters. The average molecular weight is 879 g/mol. The molecule has 0 nitrogen and oxygen atoms in total. The van der Waals surface area contributed by atoms with Crippen molar-refractivity contribution in [1.29, 1.82) is 0 Å². The summed E-state index contributed by atoms with van der Waals surface area (Å²) in [5.74, 6) is 0. The molecular formula is C68H62. The van der Waals surface area contributed by atoms with Crippen molar-refractivity contribution < 1.29 is 0 Å². The molecular weight excluding hydrogens is 817 g/mol. The van der Waals surface area contributed by atoms with Gasteiger partial charge >= 0.3 is 0 Å². The quantitative estimate of drug-likeness (QED) is 0.0631. The maximum atomic E-state index is 2.62. The maximum absolute atomic E-state index is 2.62. The molecule has 0 aromatic heterocycles. The number of hydrogen-bond acceptors (Lipinski definition) is 0. The predicted octanol–water partition coefficient (Wildman–Crippen LogP) is 20.6. The summed E-state index contributed by atoms with van der Waals surface area (Å²) in [5.41, 5.74) is 10.7. The second-order valence-corrected chi connectivity index (χ2v) is 20.0. The monoisotopic (exact) mass is 878 g/mol. The molecule has 0 atom stereocenters. The van der Waals surface area contributed by atoms with Crippen molar-refractivity contribution in [2.75, 3.05) is 0 Å². The second kappa shape index (κ2) is 18.4. The highest BCUT2D eigenvalue weighted by molar-refractivity contribution is 6.46. The molecule has 0 amide bonds. The molecule has 0 bridgehead atoms. The van der Waals surface area contributed by atoms with E-state index in [0.717, 1.165) is 12.8 Å². The topological polar surface area (TPSA) is 0 Å². The van der Waals surface area contributed by atoms with Crippen LogP contribution in [0.25, 0.3) is 120 Å². The Balaban J connectivity index is 1.20. The van der Waals surface area contributed by atoms with Gasteiger partial charge < -0.3 is 0 Å². The minimum atomic E-state index is 1.13. The summed E-state index contributed by atoms with van der Waals surface area (Å²) in [4.78, 5) is 0. The molecule has 0 saturated carbocycles. The Morgan fingerprint density at radius 1 is 0.265 bits per heavy atom. The highest BCUT2D eigenvalue weighted by Gasteiger charge is 2.28. The Morgan fingerprint density at radius 3 is 1.49 bits per heavy atom. The van der Waals surface area contributed by atoms with Gasteiger partial charge in [-0.2, -0.15) is 0 Å². The zero-order chi connectivity index (χ0) is 45.6. The van der Waals surface area contributed by atoms with Crippen LogP contribution in [0.3, 0.4) is 0 Å². The van der Waals surface area contributed by atoms with Crippen LogP contribution in [0.2, 0.25) is 0 Å². The standard InChI is InChI=1S/C68H62/c1-3-5-7-9-11-15-25-45-37-39-51-49(41-45)43-60-64-53(51)33-23-36-57(64)67-65(54-32-22-21-31-50(54)47-27-17-13-18-28-47)61-44-59-58-42-46(26-16-12-10-8-6-4-2)38-40-52(58)55-34-24-35-56(63(55)59)66(61)62(68(60)67)48-29-19-14-20-30-48/h13-14,17-24,27-44H,3-12,15-16,25-26H2,1-2H3. The van der Waals surface area contributed by atoms with Crippen LogP contribution in [-0.4, -0.2) is 0 Å². The molecule has 12 rings (SSSR count). The number of rotatable bonds is 17. The largest absolute Gasteiger partial charge is 0.0654 e. The lowest BCUT2D eigenvalue weighted by atomic mass is 9.82. The first-order chi connectivity index (χ1) is 33.7. The van der Waals surface area contributed by atoms with Crippen molar-refractivity contribution in [1.82, 2.24) is 0 Å². The first-order valence-corrected chi connectivity index (χ1v) is 26.1. The van der Waals surface area contributed by atoms with Gasteiger partial charge in [0, 0.05) is 0 Å². The van der Waals surface area contributed by atoms with Crippen LogP contribution < -0.4 is 0 Å². The minimum Gasteiger partial charge on any atom is -0.0654 e. The van der Waals surface area contributed by atoms with Crippen LogP contribution in [0, 0.1) is 0 Å². The van der Waals surface area contributed by atoms with Crippen LogP contribution in [0.5, 0.6) is 0 Å². The molecule has 0 aliphatic rings. The highest BCUT2D eigenvalue weighted by atomic mass is 14.3. The molecule has 0 heterocycles. The van der Waals surface area contributed by atoms with Gasteiger partial charge in [0.25, 0.3) is 0 Å². The number of aryl methyl sites for hydroxylation is 2. The van der Waals surface area contributed by atoms with Crippen LogP contribution in [-0.2, 0) is 12.8 Å². The Bertz CT molecular complexity index is 3740. The van der Waals surface area contributed by atoms with Crippen molar-refractivity contribution in [3.63, 3.8) is 0 Å². The van der Waals surface area contributed by atoms with E-state index < -0.39 is 0 Å². The summed E-state index contributed by atoms with van der Waals surface area (Å²) in [6.07, 6.45) is 18.0. The summed E-state index contributed by atoms with van der Waals surface area (Å²) >= 11 is 0. The van der Waals surface area contributed by atoms with E-state index in [0.29, 0.717) is 0 Å². The number of benzene rings is 10. The van der Waals surface area contributed by atoms with Gasteiger partial charge in [-0.1, -0.05) is 236 Å². The Morgan fingerprint density at radius 2 is 0.794 bits per heavy atom. The summed E-state index contributed by atoms with van der Waals surface area (Å²) in [6, 6.07) is 65.9. The van der Waals surface area contributed by atoms with E-state index in [2.05, 4.69) is 184 Å². The predicted molar refractivity (Wildman–Crippen MR) is 299 cm³/mol. The fourth-order valence-electron chi connectivity index (χ4n) is 12.4. The molecule has 0 aliphatic carbocycles. The zero-order valence-corrected chi connectivity index (χ0v) is 40.1. The number of unbranched alkanes of at least 4 members (excludes halogenated alkanes) is 10. The van der Waals surface area contributed by atoms with E-state index in [4.69, 9.17) is 0 Å². The molecule has 68 heavy (non-hydrogen) atoms. The Hall–Kier alpha value is -6.76. The highest BCUT2D eigenvalue weighted by Crippen LogP contribution is 2.56. The van der Waals surface area contributed by atoms with Crippen LogP contribution in [0.4, 0.5) is 0 Å². The molecule has 0 N–H and O–H groups in total. The first-order valence-electron chi connectivity index (χ1n) is 26.1. The van der Waals surface area contributed by atoms with Crippen LogP contribution in [0.15, 0.2) is 170 Å². The fourth-order valence-corrected chi connectivity index (χ4v) is 12.4. The smallest absolute Gasteiger partial charge is 0.000697 e. The summed E-state index contributed by atoms with van der Waals surface area (Å²) in [6.45, 7) is 4.61. The zero-order valence-electron chi connectivity index (χ0n) is 40.1. The molecule has 0 radical (unpaired) electrons. The molecule has 0 saturated heterocycles. The van der Waals surface area contributed by atoms with E-state index in [1.165, 1.54) is 208 Å². The van der Waals surface area contributed by atoms with Gasteiger partial charge in [-0.15, -0.1) is 0 Å². The van der Waals surface area contributed by atoms with Crippen molar-refractivity contribution in [2.24, 2.45) is 0 Å². The van der Waals surface area contributed by atoms with Gasteiger partial charge in [0.2, 0.25) is 0 Å². The molecule has 0 spiro atoms. The lowest BCUT2D eigenvalue weighted by molar-refractivity contribution is 0.607. The van der Waals surface area contributed by atoms with Crippen molar-refractivity contribution in [3.8, 4) is 33.4 Å². The third-order valence-electron chi connectivity index (χ3n) is 15.7. The van der Waals surface area contributed by atoms with Crippen molar-refractivity contribution >= 4 is 86.2 Å². The summed E-state index contributed by atoms with van der Waals surface area (Å²) in [5, 5.41) is 21.8. The normalized spacial score (nSPS) is 12.2. The SMILES string of the molecule is CCCCCCCCc1ccc2c(c1)cc1c3c(-c4ccccc4)c4c(cc5c6cc(CCCCCCCC)ccc6c6cccc4c65)c(-c4ccccc4-c4ccccc4)c3c3cccc2c31. The first kappa shape index (κ1) is 42.6. The van der Waals surface area contributed by atoms with Gasteiger partial charge in [-0.05, 0) is 169 Å². The Kier molecular flexibility index (Phi) is 11.5. The minimum absolute atomic E-state index is 1.13. The van der Waals surface area contributed by atoms with Crippen molar-refractivity contribution in [2.45, 2.75) is 104 Å². The molecule has 0 heteroatoms. The summed E-state index contributed by atoms with van der Waals surface area (Å²) in [7, 11) is 0. The third kappa shape index (κ3) is 7.27. The molecule has 12 aromatic carbocycles. The van der Waals surface area contributed by atoms with Gasteiger partial charge in [-0.25, -0.2) is 0 Å². The van der Waals surface area contributed by atoms with Gasteiger partial charge in [0.1, 0.15) is 0 Å². The van der Waals surface area contributed by atoms with Crippen LogP contribution in [0.1, 0.15) is 102 Å². The molecule has 0 fully saturated rings. The van der Waals surface area contributed by atoms with Gasteiger partial charge in [0.05, 0.1) is 0 Å². The van der Waals surface area contributed by atoms with E-state index in [1.54, 1.807) is 0 Å². The lowest BCUT2D eigenvalue weighted by Gasteiger charge is -2.20. The lowest BCUT2D eigenvalue weighted by Crippen LogP contribution is -1.93. The molecule has 12 aromatic rings. The van der Waals surface area contributed by atoms with Crippen LogP contribution >= 0.6 is 0 Å². The van der Waals surface area contributed by atoms with Crippen molar-refractivity contribution in [3.05, 3.63) is 181 Å². The van der Waals surface area contributed by atoms with Gasteiger partial charge in [0.15, 0.2) is 0 Å². The Labute approximate surface area is 402 Å². The molecule has 334 valence electrons. The van der Waals surface area contributed by atoms with E-state index >= 15 is 0 Å². The van der Waals surface area contributed by atoms with E-state index in [1.807, 2.05) is 0 Å². The summed E-state index contributed by atoms with van der Waals surface area (Å²) < 4.78 is 0. The van der Waals surface area contributed by atoms with E-state index in [9.17, 15) is 0 Å². The second-order valence-electron chi connectivity index (χ2n) is 20.0. The fraction of sp³-hybridized carbons (Fsp3) is 0.235. The van der Waals surface area contributed by atoms with Gasteiger partial charge in [-0.3, -0.25) is 0 Å². The average Bonchev–Trinajstić information content (AvgIpc) is 3.88. The molecule has 0 aliphatic heterocycles. The number of hydrogen-bond donors (Lipinski definition) is 0.